The number of nitrogens with one attached hydrogen (secondary N) is 1. The van der Waals surface area contributed by atoms with Crippen LogP contribution in [-0.4, -0.2) is 5.91 Å². The Morgan fingerprint density at radius 2 is 2.11 bits per heavy atom. The molecule has 1 aromatic carbocycles. The van der Waals surface area contributed by atoms with Crippen molar-refractivity contribution in [2.45, 2.75) is 6.92 Å². The van der Waals surface area contributed by atoms with Gasteiger partial charge in [-0.1, -0.05) is 15.9 Å². The number of fused-ring (bicyclic) bond motifs is 1. The Morgan fingerprint density at radius 1 is 1.28 bits per heavy atom. The molecule has 0 radical (unpaired) electrons. The molecule has 2 nitrogen and oxygen atoms in total. The topological polar surface area (TPSA) is 29.1 Å². The van der Waals surface area contributed by atoms with E-state index in [2.05, 4.69) is 34.2 Å². The Bertz CT molecular complexity index is 672. The van der Waals surface area contributed by atoms with Crippen LogP contribution in [0, 0.1) is 6.92 Å². The summed E-state index contributed by atoms with van der Waals surface area (Å²) in [6.45, 7) is 2.06. The van der Waals surface area contributed by atoms with E-state index in [9.17, 15) is 4.79 Å². The van der Waals surface area contributed by atoms with Crippen LogP contribution in [0.3, 0.4) is 0 Å². The number of hydrogen-bond acceptors (Lipinski definition) is 2. The van der Waals surface area contributed by atoms with Crippen LogP contribution in [0.2, 0.25) is 0 Å². The van der Waals surface area contributed by atoms with Gasteiger partial charge in [-0.15, -0.1) is 11.3 Å². The lowest BCUT2D eigenvalue weighted by Gasteiger charge is -1.98. The zero-order valence-corrected chi connectivity index (χ0v) is 12.1. The maximum Gasteiger partial charge on any atom is 0.256 e. The van der Waals surface area contributed by atoms with Crippen LogP contribution in [0.4, 0.5) is 5.69 Å². The van der Waals surface area contributed by atoms with Gasteiger partial charge in [0.2, 0.25) is 0 Å². The molecule has 90 valence electrons. The Hall–Kier alpha value is -1.39. The quantitative estimate of drug-likeness (QED) is 0.779. The SMILES string of the molecule is Cc1ccc(/C=C2\C(=O)Nc3ccc(Br)cc32)s1. The molecule has 1 amide bonds. The van der Waals surface area contributed by atoms with E-state index in [1.807, 2.05) is 30.3 Å². The molecular formula is C14H10BrNOS. The summed E-state index contributed by atoms with van der Waals surface area (Å²) in [7, 11) is 0. The van der Waals surface area contributed by atoms with Gasteiger partial charge in [0.15, 0.2) is 0 Å². The highest BCUT2D eigenvalue weighted by atomic mass is 79.9. The summed E-state index contributed by atoms with van der Waals surface area (Å²) in [6.07, 6.45) is 1.95. The Balaban J connectivity index is 2.11. The maximum atomic E-state index is 12.0. The van der Waals surface area contributed by atoms with Crippen molar-refractivity contribution in [1.82, 2.24) is 0 Å². The molecule has 0 aliphatic carbocycles. The first-order valence-corrected chi connectivity index (χ1v) is 7.14. The lowest BCUT2D eigenvalue weighted by atomic mass is 10.1. The van der Waals surface area contributed by atoms with E-state index in [-0.39, 0.29) is 5.91 Å². The smallest absolute Gasteiger partial charge is 0.256 e. The van der Waals surface area contributed by atoms with Gasteiger partial charge in [-0.3, -0.25) is 4.79 Å². The zero-order chi connectivity index (χ0) is 12.7. The third-order valence-corrected chi connectivity index (χ3v) is 4.25. The molecule has 0 fully saturated rings. The zero-order valence-electron chi connectivity index (χ0n) is 9.66. The van der Waals surface area contributed by atoms with Crippen molar-refractivity contribution in [2.24, 2.45) is 0 Å². The van der Waals surface area contributed by atoms with Gasteiger partial charge in [0, 0.05) is 25.5 Å². The number of carbonyl (C=O) groups is 1. The van der Waals surface area contributed by atoms with E-state index in [0.717, 1.165) is 26.2 Å². The van der Waals surface area contributed by atoms with Crippen molar-refractivity contribution in [2.75, 3.05) is 5.32 Å². The normalized spacial score (nSPS) is 15.9. The van der Waals surface area contributed by atoms with Crippen LogP contribution in [0.15, 0.2) is 34.8 Å². The number of hydrogen-bond donors (Lipinski definition) is 1. The standard InChI is InChI=1S/C14H10BrNOS/c1-8-2-4-10(18-8)7-12-11-6-9(15)3-5-13(11)16-14(12)17/h2-7H,1H3,(H,16,17)/b12-7-. The number of benzene rings is 1. The predicted octanol–water partition coefficient (Wildman–Crippen LogP) is 4.31. The van der Waals surface area contributed by atoms with E-state index in [4.69, 9.17) is 0 Å². The number of halogens is 1. The van der Waals surface area contributed by atoms with E-state index < -0.39 is 0 Å². The molecule has 18 heavy (non-hydrogen) atoms. The van der Waals surface area contributed by atoms with Gasteiger partial charge in [0.05, 0.1) is 5.57 Å². The molecule has 1 aromatic heterocycles. The first-order valence-electron chi connectivity index (χ1n) is 5.53. The first kappa shape index (κ1) is 11.7. The molecule has 0 saturated heterocycles. The second-order valence-electron chi connectivity index (χ2n) is 4.15. The summed E-state index contributed by atoms with van der Waals surface area (Å²) in [4.78, 5) is 14.3. The molecule has 0 bridgehead atoms. The highest BCUT2D eigenvalue weighted by Crippen LogP contribution is 2.35. The van der Waals surface area contributed by atoms with Crippen LogP contribution in [-0.2, 0) is 4.79 Å². The highest BCUT2D eigenvalue weighted by Gasteiger charge is 2.24. The molecule has 0 atom stereocenters. The molecular weight excluding hydrogens is 310 g/mol. The first-order chi connectivity index (χ1) is 8.63. The van der Waals surface area contributed by atoms with Gasteiger partial charge in [-0.25, -0.2) is 0 Å². The second-order valence-corrected chi connectivity index (χ2v) is 6.39. The summed E-state index contributed by atoms with van der Waals surface area (Å²) in [5.74, 6) is -0.0332. The van der Waals surface area contributed by atoms with E-state index in [1.165, 1.54) is 4.88 Å². The summed E-state index contributed by atoms with van der Waals surface area (Å²) >= 11 is 5.13. The molecule has 0 unspecified atom stereocenters. The average Bonchev–Trinajstić information content (AvgIpc) is 2.86. The van der Waals surface area contributed by atoms with Crippen molar-refractivity contribution < 1.29 is 4.79 Å². The number of rotatable bonds is 1. The summed E-state index contributed by atoms with van der Waals surface area (Å²) in [5.41, 5.74) is 2.57. The van der Waals surface area contributed by atoms with Crippen LogP contribution in [0.5, 0.6) is 0 Å². The van der Waals surface area contributed by atoms with Gasteiger partial charge in [0.25, 0.3) is 5.91 Å². The molecule has 1 N–H and O–H groups in total. The lowest BCUT2D eigenvalue weighted by Crippen LogP contribution is -2.03. The monoisotopic (exact) mass is 319 g/mol. The van der Waals surface area contributed by atoms with E-state index in [1.54, 1.807) is 11.3 Å². The lowest BCUT2D eigenvalue weighted by molar-refractivity contribution is -0.110. The van der Waals surface area contributed by atoms with Crippen LogP contribution >= 0.6 is 27.3 Å². The predicted molar refractivity (Wildman–Crippen MR) is 79.7 cm³/mol. The molecule has 2 aromatic rings. The summed E-state index contributed by atoms with van der Waals surface area (Å²) in [5, 5.41) is 2.88. The van der Waals surface area contributed by atoms with Crippen LogP contribution in [0.25, 0.3) is 11.6 Å². The van der Waals surface area contributed by atoms with Crippen molar-refractivity contribution in [3.05, 3.63) is 50.1 Å². The summed E-state index contributed by atoms with van der Waals surface area (Å²) in [6, 6.07) is 9.91. The molecule has 0 saturated carbocycles. The molecule has 1 aliphatic heterocycles. The number of thiophene rings is 1. The second kappa shape index (κ2) is 4.37. The average molecular weight is 320 g/mol. The number of amides is 1. The van der Waals surface area contributed by atoms with Crippen LogP contribution < -0.4 is 5.32 Å². The minimum atomic E-state index is -0.0332. The molecule has 1 aliphatic rings. The van der Waals surface area contributed by atoms with Crippen molar-refractivity contribution in [1.29, 1.82) is 0 Å². The largest absolute Gasteiger partial charge is 0.321 e. The fraction of sp³-hybridized carbons (Fsp3) is 0.0714. The molecule has 0 spiro atoms. The fourth-order valence-electron chi connectivity index (χ4n) is 1.98. The Labute approximate surface area is 117 Å². The van der Waals surface area contributed by atoms with Crippen molar-refractivity contribution in [3.8, 4) is 0 Å². The van der Waals surface area contributed by atoms with Crippen molar-refractivity contribution >= 4 is 50.5 Å². The highest BCUT2D eigenvalue weighted by molar-refractivity contribution is 9.10. The van der Waals surface area contributed by atoms with Crippen LogP contribution in [0.1, 0.15) is 15.3 Å². The molecule has 3 rings (SSSR count). The number of carbonyl (C=O) groups excluding carboxylic acids is 1. The van der Waals surface area contributed by atoms with Gasteiger partial charge in [-0.05, 0) is 43.3 Å². The third-order valence-electron chi connectivity index (χ3n) is 2.81. The minimum Gasteiger partial charge on any atom is -0.321 e. The number of anilines is 1. The van der Waals surface area contributed by atoms with E-state index >= 15 is 0 Å². The van der Waals surface area contributed by atoms with Gasteiger partial charge >= 0.3 is 0 Å². The summed E-state index contributed by atoms with van der Waals surface area (Å²) < 4.78 is 0.978. The van der Waals surface area contributed by atoms with Crippen molar-refractivity contribution in [3.63, 3.8) is 0 Å². The van der Waals surface area contributed by atoms with Gasteiger partial charge in [-0.2, -0.15) is 0 Å². The third kappa shape index (κ3) is 2.02. The van der Waals surface area contributed by atoms with E-state index in [0.29, 0.717) is 0 Å². The van der Waals surface area contributed by atoms with Gasteiger partial charge in [0.1, 0.15) is 0 Å². The minimum absolute atomic E-state index is 0.0332. The number of aryl methyl sites for hydroxylation is 1. The Kier molecular flexibility index (Phi) is 2.84. The molecule has 2 heterocycles. The fourth-order valence-corrected chi connectivity index (χ4v) is 3.16. The Morgan fingerprint density at radius 3 is 2.83 bits per heavy atom. The van der Waals surface area contributed by atoms with Gasteiger partial charge < -0.3 is 5.32 Å². The maximum absolute atomic E-state index is 12.0. The molecule has 4 heteroatoms.